The lowest BCUT2D eigenvalue weighted by Gasteiger charge is -2.23. The molecule has 0 fully saturated rings. The molecular weight excluding hydrogens is 315 g/mol. The van der Waals surface area contributed by atoms with Gasteiger partial charge < -0.3 is 0 Å². The van der Waals surface area contributed by atoms with Gasteiger partial charge in [0.25, 0.3) is 0 Å². The first-order valence-electron chi connectivity index (χ1n) is 8.47. The van der Waals surface area contributed by atoms with Crippen molar-refractivity contribution in [2.45, 2.75) is 32.6 Å². The molecule has 0 radical (unpaired) electrons. The van der Waals surface area contributed by atoms with Crippen LogP contribution in [-0.2, 0) is 6.42 Å². The number of carbonyl (C=O) groups excluding carboxylic acids is 1. The smallest absolute Gasteiger partial charge is 0.167 e. The largest absolute Gasteiger partial charge is 0.294 e. The highest BCUT2D eigenvalue weighted by Gasteiger charge is 2.32. The summed E-state index contributed by atoms with van der Waals surface area (Å²) < 4.78 is 15.1. The molecule has 0 saturated heterocycles. The Bertz CT molecular complexity index is 939. The highest BCUT2D eigenvalue weighted by atomic mass is 19.1. The number of nitrogens with zero attached hydrogens (tertiary/aromatic N) is 2. The average molecular weight is 334 g/mol. The summed E-state index contributed by atoms with van der Waals surface area (Å²) in [5.41, 5.74) is 5.61. The molecule has 0 saturated carbocycles. The fraction of sp³-hybridized carbons (Fsp3) is 0.238. The molecule has 3 nitrogen and oxygen atoms in total. The van der Waals surface area contributed by atoms with Crippen LogP contribution in [0, 0.1) is 19.7 Å². The standard InChI is InChI=1S/C21H19FN2O/c1-13-3-9-18(10-4-13)24-19-11-16(15-5-7-17(22)8-6-15)12-20(25)21(19)14(2)23-24/h3-10,16H,11-12H2,1-2H3/t16-/m0/s1. The second-order valence-corrected chi connectivity index (χ2v) is 6.73. The van der Waals surface area contributed by atoms with E-state index >= 15 is 0 Å². The molecule has 1 atom stereocenters. The van der Waals surface area contributed by atoms with E-state index in [1.165, 1.54) is 17.7 Å². The Morgan fingerprint density at radius 3 is 2.36 bits per heavy atom. The van der Waals surface area contributed by atoms with Crippen LogP contribution in [0.2, 0.25) is 0 Å². The summed E-state index contributed by atoms with van der Waals surface area (Å²) in [5.74, 6) is -0.0838. The first-order valence-corrected chi connectivity index (χ1v) is 8.47. The quantitative estimate of drug-likeness (QED) is 0.689. The van der Waals surface area contributed by atoms with Crippen LogP contribution in [0.3, 0.4) is 0 Å². The zero-order valence-corrected chi connectivity index (χ0v) is 14.3. The molecule has 3 aromatic rings. The molecule has 0 aliphatic heterocycles. The summed E-state index contributed by atoms with van der Waals surface area (Å²) in [6, 6.07) is 14.6. The Morgan fingerprint density at radius 2 is 1.68 bits per heavy atom. The van der Waals surface area contributed by atoms with Crippen molar-refractivity contribution in [2.75, 3.05) is 0 Å². The van der Waals surface area contributed by atoms with Gasteiger partial charge in [0.2, 0.25) is 0 Å². The van der Waals surface area contributed by atoms with E-state index in [1.807, 2.05) is 42.8 Å². The third-order valence-corrected chi connectivity index (χ3v) is 4.93. The van der Waals surface area contributed by atoms with Crippen LogP contribution in [0.1, 0.15) is 45.2 Å². The van der Waals surface area contributed by atoms with Gasteiger partial charge >= 0.3 is 0 Å². The Balaban J connectivity index is 1.78. The van der Waals surface area contributed by atoms with Crippen molar-refractivity contribution >= 4 is 5.78 Å². The van der Waals surface area contributed by atoms with Gasteiger partial charge in [0.15, 0.2) is 5.78 Å². The maximum absolute atomic E-state index is 13.2. The van der Waals surface area contributed by atoms with Gasteiger partial charge in [-0.25, -0.2) is 9.07 Å². The second-order valence-electron chi connectivity index (χ2n) is 6.73. The number of aromatic nitrogens is 2. The first-order chi connectivity index (χ1) is 12.0. The Kier molecular flexibility index (Phi) is 3.75. The van der Waals surface area contributed by atoms with Gasteiger partial charge in [0.05, 0.1) is 22.6 Å². The van der Waals surface area contributed by atoms with Gasteiger partial charge in [-0.1, -0.05) is 29.8 Å². The zero-order chi connectivity index (χ0) is 17.6. The normalized spacial score (nSPS) is 16.8. The zero-order valence-electron chi connectivity index (χ0n) is 14.3. The van der Waals surface area contributed by atoms with Gasteiger partial charge in [-0.3, -0.25) is 4.79 Å². The van der Waals surface area contributed by atoms with Gasteiger partial charge in [-0.2, -0.15) is 5.10 Å². The summed E-state index contributed by atoms with van der Waals surface area (Å²) in [6.45, 7) is 3.93. The van der Waals surface area contributed by atoms with Crippen molar-refractivity contribution in [3.8, 4) is 5.69 Å². The highest BCUT2D eigenvalue weighted by molar-refractivity contribution is 6.00. The van der Waals surface area contributed by atoms with Crippen molar-refractivity contribution < 1.29 is 9.18 Å². The summed E-state index contributed by atoms with van der Waals surface area (Å²) in [5, 5.41) is 4.62. The lowest BCUT2D eigenvalue weighted by Crippen LogP contribution is -2.20. The van der Waals surface area contributed by atoms with Gasteiger partial charge in [-0.05, 0) is 56.0 Å². The van der Waals surface area contributed by atoms with E-state index in [2.05, 4.69) is 5.10 Å². The maximum Gasteiger partial charge on any atom is 0.167 e. The number of carbonyl (C=O) groups is 1. The minimum atomic E-state index is -0.257. The van der Waals surface area contributed by atoms with Gasteiger partial charge in [-0.15, -0.1) is 0 Å². The minimum Gasteiger partial charge on any atom is -0.294 e. The number of hydrogen-bond donors (Lipinski definition) is 0. The number of fused-ring (bicyclic) bond motifs is 1. The van der Waals surface area contributed by atoms with Gasteiger partial charge in [0.1, 0.15) is 5.82 Å². The molecular formula is C21H19FN2O. The van der Waals surface area contributed by atoms with E-state index in [0.29, 0.717) is 6.42 Å². The van der Waals surface area contributed by atoms with Gasteiger partial charge in [0, 0.05) is 6.42 Å². The predicted molar refractivity (Wildman–Crippen MR) is 94.8 cm³/mol. The average Bonchev–Trinajstić information content (AvgIpc) is 2.93. The van der Waals surface area contributed by atoms with Crippen LogP contribution in [0.4, 0.5) is 4.39 Å². The minimum absolute atomic E-state index is 0.0564. The topological polar surface area (TPSA) is 34.9 Å². The van der Waals surface area contributed by atoms with Crippen molar-refractivity contribution in [2.24, 2.45) is 0 Å². The van der Waals surface area contributed by atoms with Crippen molar-refractivity contribution in [3.63, 3.8) is 0 Å². The molecule has 126 valence electrons. The van der Waals surface area contributed by atoms with Crippen LogP contribution >= 0.6 is 0 Å². The van der Waals surface area contributed by atoms with Crippen LogP contribution < -0.4 is 0 Å². The number of hydrogen-bond acceptors (Lipinski definition) is 2. The molecule has 0 bridgehead atoms. The third kappa shape index (κ3) is 2.78. The fourth-order valence-electron chi connectivity index (χ4n) is 3.63. The molecule has 1 heterocycles. The molecule has 0 amide bonds. The summed E-state index contributed by atoms with van der Waals surface area (Å²) in [4.78, 5) is 12.7. The van der Waals surface area contributed by atoms with Crippen molar-refractivity contribution in [3.05, 3.63) is 82.4 Å². The molecule has 4 heteroatoms. The van der Waals surface area contributed by atoms with Crippen LogP contribution in [-0.4, -0.2) is 15.6 Å². The number of rotatable bonds is 2. The lowest BCUT2D eigenvalue weighted by atomic mass is 9.81. The second kappa shape index (κ2) is 5.96. The van der Waals surface area contributed by atoms with Crippen LogP contribution in [0.15, 0.2) is 48.5 Å². The Morgan fingerprint density at radius 1 is 1.00 bits per heavy atom. The Hall–Kier alpha value is -2.75. The molecule has 0 N–H and O–H groups in total. The fourth-order valence-corrected chi connectivity index (χ4v) is 3.63. The maximum atomic E-state index is 13.2. The molecule has 0 spiro atoms. The molecule has 1 aliphatic rings. The highest BCUT2D eigenvalue weighted by Crippen LogP contribution is 2.35. The monoisotopic (exact) mass is 334 g/mol. The number of ketones is 1. The van der Waals surface area contributed by atoms with E-state index in [4.69, 9.17) is 0 Å². The van der Waals surface area contributed by atoms with E-state index in [-0.39, 0.29) is 17.5 Å². The summed E-state index contributed by atoms with van der Waals surface area (Å²) >= 11 is 0. The number of benzene rings is 2. The molecule has 0 unspecified atom stereocenters. The number of Topliss-reactive ketones (excluding diaryl/α,β-unsaturated/α-hetero) is 1. The number of halogens is 1. The van der Waals surface area contributed by atoms with Crippen LogP contribution in [0.5, 0.6) is 0 Å². The van der Waals surface area contributed by atoms with E-state index in [9.17, 15) is 9.18 Å². The molecule has 2 aromatic carbocycles. The van der Waals surface area contributed by atoms with E-state index < -0.39 is 0 Å². The third-order valence-electron chi connectivity index (χ3n) is 4.93. The van der Waals surface area contributed by atoms with Crippen molar-refractivity contribution in [1.29, 1.82) is 0 Å². The lowest BCUT2D eigenvalue weighted by molar-refractivity contribution is 0.0963. The van der Waals surface area contributed by atoms with E-state index in [0.717, 1.165) is 34.6 Å². The summed E-state index contributed by atoms with van der Waals surface area (Å²) in [7, 11) is 0. The first kappa shape index (κ1) is 15.8. The molecule has 1 aliphatic carbocycles. The number of aryl methyl sites for hydroxylation is 2. The SMILES string of the molecule is Cc1ccc(-n2nc(C)c3c2C[C@H](c2ccc(F)cc2)CC3=O)cc1. The Labute approximate surface area is 146 Å². The molecule has 25 heavy (non-hydrogen) atoms. The van der Waals surface area contributed by atoms with Crippen molar-refractivity contribution in [1.82, 2.24) is 9.78 Å². The predicted octanol–water partition coefficient (Wildman–Crippen LogP) is 4.54. The van der Waals surface area contributed by atoms with Crippen LogP contribution in [0.25, 0.3) is 5.69 Å². The molecule has 1 aromatic heterocycles. The van der Waals surface area contributed by atoms with E-state index in [1.54, 1.807) is 12.1 Å². The molecule has 4 rings (SSSR count). The summed E-state index contributed by atoms with van der Waals surface area (Å²) in [6.07, 6.45) is 1.17.